The summed E-state index contributed by atoms with van der Waals surface area (Å²) in [6.45, 7) is 2.03. The van der Waals surface area contributed by atoms with E-state index in [4.69, 9.17) is 15.2 Å². The summed E-state index contributed by atoms with van der Waals surface area (Å²) in [6.07, 6.45) is 0.997. The number of nitrogens with zero attached hydrogens (tertiary/aromatic N) is 2. The molecule has 2 aromatic rings. The fraction of sp³-hybridized carbons (Fsp3) is 0.273. The van der Waals surface area contributed by atoms with Gasteiger partial charge in [0.25, 0.3) is 0 Å². The average molecular weight is 235 g/mol. The van der Waals surface area contributed by atoms with Gasteiger partial charge in [-0.25, -0.2) is 4.79 Å². The van der Waals surface area contributed by atoms with E-state index in [2.05, 4.69) is 5.10 Å². The van der Waals surface area contributed by atoms with E-state index < -0.39 is 6.09 Å². The van der Waals surface area contributed by atoms with E-state index in [1.54, 1.807) is 19.1 Å². The van der Waals surface area contributed by atoms with Crippen molar-refractivity contribution in [1.82, 2.24) is 9.78 Å². The smallest absolute Gasteiger partial charge is 0.435 e. The van der Waals surface area contributed by atoms with E-state index in [1.165, 1.54) is 13.3 Å². The van der Waals surface area contributed by atoms with E-state index >= 15 is 0 Å². The lowest BCUT2D eigenvalue weighted by Crippen LogP contribution is -2.14. The summed E-state index contributed by atoms with van der Waals surface area (Å²) >= 11 is 0. The van der Waals surface area contributed by atoms with Gasteiger partial charge in [-0.2, -0.15) is 9.78 Å². The zero-order valence-corrected chi connectivity index (χ0v) is 9.64. The van der Waals surface area contributed by atoms with E-state index in [0.29, 0.717) is 28.9 Å². The number of fused-ring (bicyclic) bond motifs is 1. The number of hydrogen-bond acceptors (Lipinski definition) is 5. The predicted molar refractivity (Wildman–Crippen MR) is 63.1 cm³/mol. The number of nitrogens with two attached hydrogens (primary N) is 1. The number of aromatic nitrogens is 2. The molecule has 1 aromatic carbocycles. The molecule has 0 aliphatic rings. The van der Waals surface area contributed by atoms with Gasteiger partial charge in [0.15, 0.2) is 0 Å². The molecular weight excluding hydrogens is 222 g/mol. The van der Waals surface area contributed by atoms with Crippen molar-refractivity contribution in [3.8, 4) is 5.75 Å². The third kappa shape index (κ3) is 1.89. The molecule has 0 aliphatic carbocycles. The van der Waals surface area contributed by atoms with Gasteiger partial charge in [-0.15, -0.1) is 0 Å². The van der Waals surface area contributed by atoms with Crippen LogP contribution in [0.15, 0.2) is 18.3 Å². The van der Waals surface area contributed by atoms with Gasteiger partial charge in [0.1, 0.15) is 5.75 Å². The van der Waals surface area contributed by atoms with Gasteiger partial charge in [0.2, 0.25) is 0 Å². The Labute approximate surface area is 97.9 Å². The normalized spacial score (nSPS) is 10.5. The van der Waals surface area contributed by atoms with Crippen molar-refractivity contribution in [1.29, 1.82) is 0 Å². The van der Waals surface area contributed by atoms with E-state index in [0.717, 1.165) is 4.68 Å². The minimum Gasteiger partial charge on any atom is -0.497 e. The van der Waals surface area contributed by atoms with Crippen LogP contribution in [0.2, 0.25) is 0 Å². The third-order valence-corrected chi connectivity index (χ3v) is 2.37. The van der Waals surface area contributed by atoms with E-state index in [9.17, 15) is 4.79 Å². The Kier molecular flexibility index (Phi) is 2.86. The summed E-state index contributed by atoms with van der Waals surface area (Å²) < 4.78 is 11.1. The molecule has 0 amide bonds. The minimum absolute atomic E-state index is 0.291. The number of rotatable bonds is 2. The van der Waals surface area contributed by atoms with Crippen LogP contribution in [0.4, 0.5) is 10.5 Å². The zero-order valence-electron chi connectivity index (χ0n) is 9.64. The van der Waals surface area contributed by atoms with E-state index in [-0.39, 0.29) is 0 Å². The van der Waals surface area contributed by atoms with E-state index in [1.807, 2.05) is 0 Å². The molecule has 0 spiro atoms. The number of carbonyl (C=O) groups excluding carboxylic acids is 1. The summed E-state index contributed by atoms with van der Waals surface area (Å²) in [5.74, 6) is 0.570. The number of anilines is 1. The van der Waals surface area contributed by atoms with Crippen LogP contribution in [-0.2, 0) is 4.74 Å². The number of nitrogen functional groups attached to an aromatic ring is 1. The predicted octanol–water partition coefficient (Wildman–Crippen LogP) is 1.63. The average Bonchev–Trinajstić information content (AvgIpc) is 2.73. The van der Waals surface area contributed by atoms with Crippen molar-refractivity contribution in [3.63, 3.8) is 0 Å². The first-order valence-corrected chi connectivity index (χ1v) is 5.15. The van der Waals surface area contributed by atoms with Crippen LogP contribution in [-0.4, -0.2) is 29.6 Å². The Balaban J connectivity index is 2.58. The summed E-state index contributed by atoms with van der Waals surface area (Å²) in [5.41, 5.74) is 6.91. The molecule has 0 saturated carbocycles. The Morgan fingerprint density at radius 1 is 1.53 bits per heavy atom. The molecule has 6 heteroatoms. The lowest BCUT2D eigenvalue weighted by Gasteiger charge is -2.05. The fourth-order valence-corrected chi connectivity index (χ4v) is 1.57. The summed E-state index contributed by atoms with van der Waals surface area (Å²) in [6, 6.07) is 3.37. The van der Waals surface area contributed by atoms with Gasteiger partial charge in [-0.1, -0.05) is 0 Å². The number of carbonyl (C=O) groups is 1. The second kappa shape index (κ2) is 4.32. The highest BCUT2D eigenvalue weighted by molar-refractivity contribution is 5.96. The second-order valence-electron chi connectivity index (χ2n) is 3.40. The maximum atomic E-state index is 11.6. The molecule has 2 N–H and O–H groups in total. The van der Waals surface area contributed by atoms with Crippen molar-refractivity contribution < 1.29 is 14.3 Å². The van der Waals surface area contributed by atoms with Crippen molar-refractivity contribution in [2.45, 2.75) is 6.92 Å². The Bertz CT molecular complexity index is 562. The zero-order chi connectivity index (χ0) is 12.4. The van der Waals surface area contributed by atoms with Crippen LogP contribution in [0, 0.1) is 0 Å². The van der Waals surface area contributed by atoms with Gasteiger partial charge >= 0.3 is 6.09 Å². The molecule has 0 atom stereocenters. The monoisotopic (exact) mass is 235 g/mol. The second-order valence-corrected chi connectivity index (χ2v) is 3.40. The largest absolute Gasteiger partial charge is 0.497 e. The van der Waals surface area contributed by atoms with Gasteiger partial charge < -0.3 is 15.2 Å². The van der Waals surface area contributed by atoms with Gasteiger partial charge in [0, 0.05) is 23.2 Å². The minimum atomic E-state index is -0.532. The standard InChI is InChI=1S/C11H13N3O3/c1-3-17-11(15)14-10-5-7(16-2)4-9(12)8(10)6-13-14/h4-6H,3,12H2,1-2H3. The topological polar surface area (TPSA) is 79.4 Å². The summed E-state index contributed by atoms with van der Waals surface area (Å²) in [5, 5.41) is 4.65. The molecule has 1 aromatic heterocycles. The van der Waals surface area contributed by atoms with Crippen LogP contribution in [0.3, 0.4) is 0 Å². The molecule has 90 valence electrons. The lowest BCUT2D eigenvalue weighted by molar-refractivity contribution is 0.151. The molecule has 0 unspecified atom stereocenters. The van der Waals surface area contributed by atoms with Crippen LogP contribution in [0.5, 0.6) is 5.75 Å². The quantitative estimate of drug-likeness (QED) is 0.800. The fourth-order valence-electron chi connectivity index (χ4n) is 1.57. The Morgan fingerprint density at radius 3 is 2.94 bits per heavy atom. The van der Waals surface area contributed by atoms with Crippen molar-refractivity contribution in [3.05, 3.63) is 18.3 Å². The van der Waals surface area contributed by atoms with Gasteiger partial charge in [-0.3, -0.25) is 0 Å². The van der Waals surface area contributed by atoms with Gasteiger partial charge in [0.05, 0.1) is 25.4 Å². The number of ether oxygens (including phenoxy) is 2. The third-order valence-electron chi connectivity index (χ3n) is 2.37. The molecule has 2 rings (SSSR count). The maximum absolute atomic E-state index is 11.6. The highest BCUT2D eigenvalue weighted by Gasteiger charge is 2.14. The summed E-state index contributed by atoms with van der Waals surface area (Å²) in [7, 11) is 1.53. The van der Waals surface area contributed by atoms with Gasteiger partial charge in [-0.05, 0) is 6.92 Å². The highest BCUT2D eigenvalue weighted by Crippen LogP contribution is 2.27. The lowest BCUT2D eigenvalue weighted by atomic mass is 10.2. The highest BCUT2D eigenvalue weighted by atomic mass is 16.5. The van der Waals surface area contributed by atoms with Crippen LogP contribution in [0.25, 0.3) is 10.9 Å². The molecular formula is C11H13N3O3. The maximum Gasteiger partial charge on any atom is 0.435 e. The van der Waals surface area contributed by atoms with Crippen LogP contribution in [0.1, 0.15) is 6.92 Å². The van der Waals surface area contributed by atoms with Crippen LogP contribution < -0.4 is 10.5 Å². The molecule has 0 fully saturated rings. The molecule has 17 heavy (non-hydrogen) atoms. The Morgan fingerprint density at radius 2 is 2.29 bits per heavy atom. The number of benzene rings is 1. The summed E-state index contributed by atoms with van der Waals surface area (Å²) in [4.78, 5) is 11.6. The molecule has 0 saturated heterocycles. The SMILES string of the molecule is CCOC(=O)n1ncc2c(N)cc(OC)cc21. The number of methoxy groups -OCH3 is 1. The number of hydrogen-bond donors (Lipinski definition) is 1. The Hall–Kier alpha value is -2.24. The van der Waals surface area contributed by atoms with Crippen LogP contribution >= 0.6 is 0 Å². The first kappa shape index (κ1) is 11.3. The molecule has 0 bridgehead atoms. The first-order chi connectivity index (χ1) is 8.17. The van der Waals surface area contributed by atoms with Crippen molar-refractivity contribution in [2.75, 3.05) is 19.5 Å². The molecule has 6 nitrogen and oxygen atoms in total. The molecule has 1 heterocycles. The molecule has 0 radical (unpaired) electrons. The van der Waals surface area contributed by atoms with Crippen molar-refractivity contribution >= 4 is 22.7 Å². The van der Waals surface area contributed by atoms with Crippen molar-refractivity contribution in [2.24, 2.45) is 0 Å². The first-order valence-electron chi connectivity index (χ1n) is 5.15. The molecule has 0 aliphatic heterocycles.